The predicted molar refractivity (Wildman–Crippen MR) is 65.0 cm³/mol. The molecule has 20 heavy (non-hydrogen) atoms. The zero-order chi connectivity index (χ0) is 14.9. The van der Waals surface area contributed by atoms with E-state index in [9.17, 15) is 18.0 Å². The summed E-state index contributed by atoms with van der Waals surface area (Å²) >= 11 is 0. The molecule has 106 valence electrons. The minimum atomic E-state index is -4.53. The summed E-state index contributed by atoms with van der Waals surface area (Å²) in [6.07, 6.45) is -4.53. The van der Waals surface area contributed by atoms with Crippen molar-refractivity contribution < 1.29 is 22.7 Å². The zero-order valence-corrected chi connectivity index (χ0v) is 10.7. The van der Waals surface area contributed by atoms with Crippen LogP contribution >= 0.6 is 0 Å². The van der Waals surface area contributed by atoms with Crippen LogP contribution in [0.1, 0.15) is 16.1 Å². The number of hydrogen-bond acceptors (Lipinski definition) is 3. The summed E-state index contributed by atoms with van der Waals surface area (Å²) in [5.41, 5.74) is -0.287. The Bertz CT molecular complexity index is 647. The number of aryl methyl sites for hydroxylation is 1. The molecule has 0 N–H and O–H groups in total. The number of alkyl halides is 3. The molecule has 7 heteroatoms. The van der Waals surface area contributed by atoms with Gasteiger partial charge in [-0.25, -0.2) is 4.79 Å². The van der Waals surface area contributed by atoms with Crippen molar-refractivity contribution in [3.8, 4) is 11.3 Å². The predicted octanol–water partition coefficient (Wildman–Crippen LogP) is 2.89. The molecule has 0 atom stereocenters. The molecular weight excluding hydrogens is 273 g/mol. The Morgan fingerprint density at radius 3 is 2.50 bits per heavy atom. The normalized spacial score (nSPS) is 11.4. The van der Waals surface area contributed by atoms with Crippen LogP contribution in [0.25, 0.3) is 11.3 Å². The highest BCUT2D eigenvalue weighted by Crippen LogP contribution is 2.32. The number of ether oxygens (including phenoxy) is 1. The average molecular weight is 284 g/mol. The number of carbonyl (C=O) groups is 1. The Kier molecular flexibility index (Phi) is 3.52. The van der Waals surface area contributed by atoms with Crippen molar-refractivity contribution in [2.45, 2.75) is 6.18 Å². The molecule has 2 rings (SSSR count). The Morgan fingerprint density at radius 1 is 1.30 bits per heavy atom. The van der Waals surface area contributed by atoms with Gasteiger partial charge in [0.25, 0.3) is 0 Å². The van der Waals surface area contributed by atoms with Gasteiger partial charge in [0.15, 0.2) is 5.69 Å². The van der Waals surface area contributed by atoms with Crippen molar-refractivity contribution in [2.75, 3.05) is 7.11 Å². The van der Waals surface area contributed by atoms with E-state index < -0.39 is 17.8 Å². The average Bonchev–Trinajstić information content (AvgIpc) is 2.80. The quantitative estimate of drug-likeness (QED) is 0.796. The van der Waals surface area contributed by atoms with Crippen LogP contribution in [0.2, 0.25) is 0 Å². The van der Waals surface area contributed by atoms with Crippen molar-refractivity contribution in [3.05, 3.63) is 41.6 Å². The molecule has 4 nitrogen and oxygen atoms in total. The lowest BCUT2D eigenvalue weighted by Crippen LogP contribution is -2.06. The van der Waals surface area contributed by atoms with Crippen LogP contribution in [-0.4, -0.2) is 22.9 Å². The molecule has 0 unspecified atom stereocenters. The van der Waals surface area contributed by atoms with E-state index in [1.165, 1.54) is 20.2 Å². The van der Waals surface area contributed by atoms with Gasteiger partial charge >= 0.3 is 12.1 Å². The van der Waals surface area contributed by atoms with Gasteiger partial charge in [-0.1, -0.05) is 18.2 Å². The second-order valence-corrected chi connectivity index (χ2v) is 4.07. The summed E-state index contributed by atoms with van der Waals surface area (Å²) in [6.45, 7) is 0. The maximum Gasteiger partial charge on any atom is 0.435 e. The molecule has 1 aromatic carbocycles. The van der Waals surface area contributed by atoms with E-state index in [1.807, 2.05) is 0 Å². The van der Waals surface area contributed by atoms with Gasteiger partial charge in [0.1, 0.15) is 0 Å². The fraction of sp³-hybridized carbons (Fsp3) is 0.231. The fourth-order valence-corrected chi connectivity index (χ4v) is 1.85. The van der Waals surface area contributed by atoms with E-state index in [1.54, 1.807) is 18.2 Å². The van der Waals surface area contributed by atoms with Crippen LogP contribution in [-0.2, 0) is 18.0 Å². The van der Waals surface area contributed by atoms with Crippen LogP contribution in [0.5, 0.6) is 0 Å². The van der Waals surface area contributed by atoms with Crippen molar-refractivity contribution in [1.82, 2.24) is 9.78 Å². The highest BCUT2D eigenvalue weighted by Gasteiger charge is 2.35. The third-order valence-corrected chi connectivity index (χ3v) is 2.78. The Hall–Kier alpha value is -2.31. The lowest BCUT2D eigenvalue weighted by Gasteiger charge is -2.07. The summed E-state index contributed by atoms with van der Waals surface area (Å²) in [5.74, 6) is -0.615. The zero-order valence-electron chi connectivity index (χ0n) is 10.7. The number of halogens is 3. The molecule has 0 saturated heterocycles. The topological polar surface area (TPSA) is 44.1 Å². The summed E-state index contributed by atoms with van der Waals surface area (Å²) in [5, 5.41) is 3.42. The minimum absolute atomic E-state index is 0.187. The number of rotatable bonds is 2. The van der Waals surface area contributed by atoms with E-state index in [-0.39, 0.29) is 11.3 Å². The Morgan fingerprint density at radius 2 is 1.95 bits per heavy atom. The summed E-state index contributed by atoms with van der Waals surface area (Å²) in [6, 6.07) is 7.17. The lowest BCUT2D eigenvalue weighted by molar-refractivity contribution is -0.141. The second-order valence-electron chi connectivity index (χ2n) is 4.07. The first-order valence-corrected chi connectivity index (χ1v) is 5.63. The van der Waals surface area contributed by atoms with Crippen LogP contribution in [0, 0.1) is 0 Å². The van der Waals surface area contributed by atoms with Crippen molar-refractivity contribution >= 4 is 5.97 Å². The number of esters is 1. The van der Waals surface area contributed by atoms with Gasteiger partial charge in [-0.05, 0) is 12.1 Å². The van der Waals surface area contributed by atoms with Crippen LogP contribution < -0.4 is 0 Å². The Labute approximate surface area is 112 Å². The first kappa shape index (κ1) is 14.1. The van der Waals surface area contributed by atoms with Crippen LogP contribution in [0.3, 0.4) is 0 Å². The first-order valence-electron chi connectivity index (χ1n) is 5.63. The molecular formula is C13H11F3N2O2. The third kappa shape index (κ3) is 2.52. The lowest BCUT2D eigenvalue weighted by atomic mass is 10.0. The molecule has 0 fully saturated rings. The van der Waals surface area contributed by atoms with E-state index in [0.29, 0.717) is 5.56 Å². The molecule has 0 spiro atoms. The van der Waals surface area contributed by atoms with Gasteiger partial charge in [-0.3, -0.25) is 4.68 Å². The van der Waals surface area contributed by atoms with E-state index >= 15 is 0 Å². The monoisotopic (exact) mass is 284 g/mol. The fourth-order valence-electron chi connectivity index (χ4n) is 1.85. The summed E-state index contributed by atoms with van der Waals surface area (Å²) in [7, 11) is 2.60. The minimum Gasteiger partial charge on any atom is -0.465 e. The van der Waals surface area contributed by atoms with Crippen LogP contribution in [0.4, 0.5) is 13.2 Å². The van der Waals surface area contributed by atoms with Gasteiger partial charge in [-0.2, -0.15) is 18.3 Å². The first-order chi connectivity index (χ1) is 9.34. The van der Waals surface area contributed by atoms with E-state index in [2.05, 4.69) is 9.84 Å². The van der Waals surface area contributed by atoms with Crippen molar-refractivity contribution in [1.29, 1.82) is 0 Å². The molecule has 0 saturated carbocycles. The molecule has 0 aliphatic rings. The Balaban J connectivity index is 2.58. The molecule has 0 radical (unpaired) electrons. The maximum atomic E-state index is 12.7. The number of methoxy groups -OCH3 is 1. The van der Waals surface area contributed by atoms with Crippen LogP contribution in [0.15, 0.2) is 30.3 Å². The SMILES string of the molecule is COC(=O)c1ccccc1-c1cc(C(F)(F)F)nn1C. The van der Waals surface area contributed by atoms with Gasteiger partial charge in [0.05, 0.1) is 18.4 Å². The molecule has 0 bridgehead atoms. The summed E-state index contributed by atoms with van der Waals surface area (Å²) in [4.78, 5) is 11.6. The number of hydrogen-bond donors (Lipinski definition) is 0. The van der Waals surface area contributed by atoms with Gasteiger partial charge in [0.2, 0.25) is 0 Å². The molecule has 0 amide bonds. The maximum absolute atomic E-state index is 12.7. The molecule has 2 aromatic rings. The third-order valence-electron chi connectivity index (χ3n) is 2.78. The highest BCUT2D eigenvalue weighted by atomic mass is 19.4. The number of benzene rings is 1. The highest BCUT2D eigenvalue weighted by molar-refractivity contribution is 5.96. The molecule has 1 heterocycles. The van der Waals surface area contributed by atoms with Gasteiger partial charge < -0.3 is 4.74 Å². The smallest absolute Gasteiger partial charge is 0.435 e. The van der Waals surface area contributed by atoms with Gasteiger partial charge in [0, 0.05) is 12.6 Å². The number of nitrogens with zero attached hydrogens (tertiary/aromatic N) is 2. The van der Waals surface area contributed by atoms with E-state index in [4.69, 9.17) is 0 Å². The molecule has 0 aliphatic carbocycles. The molecule has 1 aromatic heterocycles. The van der Waals surface area contributed by atoms with Crippen molar-refractivity contribution in [2.24, 2.45) is 7.05 Å². The van der Waals surface area contributed by atoms with Gasteiger partial charge in [-0.15, -0.1) is 0 Å². The van der Waals surface area contributed by atoms with Crippen molar-refractivity contribution in [3.63, 3.8) is 0 Å². The van der Waals surface area contributed by atoms with E-state index in [0.717, 1.165) is 10.7 Å². The second kappa shape index (κ2) is 4.99. The number of aromatic nitrogens is 2. The summed E-state index contributed by atoms with van der Waals surface area (Å²) < 4.78 is 43.7. The standard InChI is InChI=1S/C13H11F3N2O2/c1-18-10(7-11(17-18)13(14,15)16)8-5-3-4-6-9(8)12(19)20-2/h3-7H,1-2H3. The molecule has 0 aliphatic heterocycles. The number of carbonyl (C=O) groups excluding carboxylic acids is 1. The largest absolute Gasteiger partial charge is 0.465 e.